The summed E-state index contributed by atoms with van der Waals surface area (Å²) in [6.07, 6.45) is 8.78. The Labute approximate surface area is 225 Å². The minimum Gasteiger partial charge on any atom is -0.393 e. The molecule has 1 saturated heterocycles. The minimum atomic E-state index is -1.27. The molecule has 0 aromatic carbocycles. The summed E-state index contributed by atoms with van der Waals surface area (Å²) in [7, 11) is 0. The number of allylic oxidation sites excluding steroid dienone is 4. The lowest BCUT2D eigenvalue weighted by molar-refractivity contribution is -0.223. The van der Waals surface area contributed by atoms with E-state index < -0.39 is 29.0 Å². The summed E-state index contributed by atoms with van der Waals surface area (Å²) in [5, 5.41) is 15.4. The first-order valence-electron chi connectivity index (χ1n) is 13.5. The standard InChI is InChI=1S/C29H33N3O5S/c1-26(2)36-21-13-18-17-8-7-15-12-16(33)9-10-27(15,3)22(17)20(34)14-28(18,4)29(21,37-26)24(35)32-25-31-19-6-5-11-30-23(19)38-25/h5-6,9-12,17-18,20-22,34H,7-8,13-14H2,1-4H3,(H,31,32,35)/t17?,18?,20?,21-,22?,27?,28?,29+/m1/s1. The van der Waals surface area contributed by atoms with Crippen LogP contribution < -0.4 is 5.32 Å². The van der Waals surface area contributed by atoms with Crippen molar-refractivity contribution in [2.24, 2.45) is 28.6 Å². The maximum atomic E-state index is 14.3. The molecule has 200 valence electrons. The second-order valence-corrected chi connectivity index (χ2v) is 13.6. The average Bonchev–Trinajstić information content (AvgIpc) is 3.45. The Morgan fingerprint density at radius 3 is 2.87 bits per heavy atom. The van der Waals surface area contributed by atoms with Gasteiger partial charge in [0.1, 0.15) is 10.3 Å². The molecule has 0 bridgehead atoms. The minimum absolute atomic E-state index is 0.0196. The van der Waals surface area contributed by atoms with Crippen LogP contribution in [0.2, 0.25) is 0 Å². The highest BCUT2D eigenvalue weighted by molar-refractivity contribution is 7.21. The Kier molecular flexibility index (Phi) is 5.05. The lowest BCUT2D eigenvalue weighted by Crippen LogP contribution is -2.64. The molecule has 0 spiro atoms. The van der Waals surface area contributed by atoms with E-state index in [4.69, 9.17) is 9.47 Å². The van der Waals surface area contributed by atoms with Gasteiger partial charge < -0.3 is 14.6 Å². The van der Waals surface area contributed by atoms with Crippen molar-refractivity contribution in [3.8, 4) is 0 Å². The molecule has 4 fully saturated rings. The lowest BCUT2D eigenvalue weighted by atomic mass is 9.46. The van der Waals surface area contributed by atoms with Crippen LogP contribution in [0.5, 0.6) is 0 Å². The molecule has 1 amide bonds. The van der Waals surface area contributed by atoms with Crippen molar-refractivity contribution in [2.45, 2.75) is 77.0 Å². The number of hydrogen-bond acceptors (Lipinski definition) is 8. The van der Waals surface area contributed by atoms with Crippen LogP contribution in [0.1, 0.15) is 53.4 Å². The molecule has 0 radical (unpaired) electrons. The van der Waals surface area contributed by atoms with Crippen LogP contribution in [0.25, 0.3) is 10.3 Å². The van der Waals surface area contributed by atoms with Gasteiger partial charge in [0, 0.05) is 22.9 Å². The SMILES string of the molecule is CC1(C)O[C@@H]2CC3C4CCC5=CC(=O)C=CC5(C)C4C(O)CC3(C)[C@]2(C(=O)Nc2nc3cccnc3s2)O1. The summed E-state index contributed by atoms with van der Waals surface area (Å²) in [4.78, 5) is 36.2. The average molecular weight is 536 g/mol. The fourth-order valence-corrected chi connectivity index (χ4v) is 9.63. The fourth-order valence-electron chi connectivity index (χ4n) is 8.83. The number of rotatable bonds is 2. The second kappa shape index (κ2) is 7.81. The Morgan fingerprint density at radius 2 is 2.08 bits per heavy atom. The molecule has 1 aliphatic heterocycles. The van der Waals surface area contributed by atoms with E-state index in [9.17, 15) is 14.7 Å². The number of thiazole rings is 1. The fraction of sp³-hybridized carbons (Fsp3) is 0.586. The highest BCUT2D eigenvalue weighted by Crippen LogP contribution is 2.70. The molecule has 2 aromatic heterocycles. The van der Waals surface area contributed by atoms with Gasteiger partial charge in [-0.25, -0.2) is 9.97 Å². The molecule has 7 rings (SSSR count). The van der Waals surface area contributed by atoms with E-state index in [0.29, 0.717) is 18.0 Å². The van der Waals surface area contributed by atoms with E-state index in [0.717, 1.165) is 28.8 Å². The van der Waals surface area contributed by atoms with Crippen LogP contribution in [0.3, 0.4) is 0 Å². The van der Waals surface area contributed by atoms with E-state index in [-0.39, 0.29) is 34.9 Å². The van der Waals surface area contributed by atoms with Gasteiger partial charge in [-0.15, -0.1) is 0 Å². The highest BCUT2D eigenvalue weighted by atomic mass is 32.1. The van der Waals surface area contributed by atoms with Gasteiger partial charge in [0.15, 0.2) is 22.3 Å². The summed E-state index contributed by atoms with van der Waals surface area (Å²) in [5.74, 6) is -0.939. The van der Waals surface area contributed by atoms with Gasteiger partial charge in [-0.2, -0.15) is 0 Å². The first-order valence-corrected chi connectivity index (χ1v) is 14.3. The molecule has 9 heteroatoms. The molecule has 3 saturated carbocycles. The lowest BCUT2D eigenvalue weighted by Gasteiger charge is -2.59. The zero-order valence-corrected chi connectivity index (χ0v) is 22.9. The van der Waals surface area contributed by atoms with Crippen molar-refractivity contribution < 1.29 is 24.2 Å². The summed E-state index contributed by atoms with van der Waals surface area (Å²) in [5.41, 5.74) is -0.460. The molecule has 2 aromatic rings. The summed E-state index contributed by atoms with van der Waals surface area (Å²) in [6.45, 7) is 7.96. The normalized spacial score (nSPS) is 42.7. The molecule has 8 nitrogen and oxygen atoms in total. The number of nitrogens with one attached hydrogen (secondary N) is 1. The predicted octanol–water partition coefficient (Wildman–Crippen LogP) is 4.41. The molecule has 3 heterocycles. The number of nitrogens with zero attached hydrogens (tertiary/aromatic N) is 2. The highest BCUT2D eigenvalue weighted by Gasteiger charge is 2.77. The van der Waals surface area contributed by atoms with Crippen LogP contribution >= 0.6 is 11.3 Å². The number of amides is 1. The number of hydrogen-bond donors (Lipinski definition) is 2. The third-order valence-corrected chi connectivity index (χ3v) is 11.1. The number of carbonyl (C=O) groups is 2. The van der Waals surface area contributed by atoms with E-state index >= 15 is 0 Å². The van der Waals surface area contributed by atoms with E-state index in [2.05, 4.69) is 29.1 Å². The number of pyridine rings is 1. The molecule has 5 aliphatic rings. The molecular formula is C29H33N3O5S. The van der Waals surface area contributed by atoms with Gasteiger partial charge in [-0.1, -0.05) is 36.8 Å². The maximum absolute atomic E-state index is 14.3. The molecule has 38 heavy (non-hydrogen) atoms. The molecule has 8 atom stereocenters. The topological polar surface area (TPSA) is 111 Å². The zero-order valence-electron chi connectivity index (χ0n) is 22.1. The van der Waals surface area contributed by atoms with Crippen LogP contribution in [0.4, 0.5) is 5.13 Å². The van der Waals surface area contributed by atoms with Crippen molar-refractivity contribution in [3.05, 3.63) is 42.1 Å². The third kappa shape index (κ3) is 3.13. The monoisotopic (exact) mass is 535 g/mol. The Balaban J connectivity index is 1.28. The largest absolute Gasteiger partial charge is 0.393 e. The van der Waals surface area contributed by atoms with Crippen LogP contribution in [-0.4, -0.2) is 50.4 Å². The predicted molar refractivity (Wildman–Crippen MR) is 142 cm³/mol. The maximum Gasteiger partial charge on any atom is 0.261 e. The zero-order chi connectivity index (χ0) is 26.7. The van der Waals surface area contributed by atoms with E-state index in [1.807, 2.05) is 32.1 Å². The number of carbonyl (C=O) groups excluding carboxylic acids is 2. The third-order valence-electron chi connectivity index (χ3n) is 10.2. The molecule has 2 N–H and O–H groups in total. The molecule has 6 unspecified atom stereocenters. The van der Waals surface area contributed by atoms with Crippen molar-refractivity contribution in [1.82, 2.24) is 9.97 Å². The van der Waals surface area contributed by atoms with Crippen molar-refractivity contribution in [1.29, 1.82) is 0 Å². The second-order valence-electron chi connectivity index (χ2n) is 12.6. The molecular weight excluding hydrogens is 502 g/mol. The van der Waals surface area contributed by atoms with Gasteiger partial charge in [-0.3, -0.25) is 14.9 Å². The summed E-state index contributed by atoms with van der Waals surface area (Å²) in [6, 6.07) is 3.70. The number of fused-ring (bicyclic) bond motifs is 8. The van der Waals surface area contributed by atoms with Crippen LogP contribution in [0, 0.1) is 28.6 Å². The van der Waals surface area contributed by atoms with Gasteiger partial charge >= 0.3 is 0 Å². The van der Waals surface area contributed by atoms with E-state index in [1.54, 1.807) is 18.3 Å². The number of aromatic nitrogens is 2. The quantitative estimate of drug-likeness (QED) is 0.586. The van der Waals surface area contributed by atoms with Crippen LogP contribution in [-0.2, 0) is 19.1 Å². The van der Waals surface area contributed by atoms with Gasteiger partial charge in [0.25, 0.3) is 5.91 Å². The van der Waals surface area contributed by atoms with Crippen molar-refractivity contribution in [2.75, 3.05) is 5.32 Å². The number of ether oxygens (including phenoxy) is 2. The van der Waals surface area contributed by atoms with Gasteiger partial charge in [-0.05, 0) is 75.7 Å². The Bertz CT molecular complexity index is 1400. The summed E-state index contributed by atoms with van der Waals surface area (Å²) < 4.78 is 13.1. The van der Waals surface area contributed by atoms with Crippen molar-refractivity contribution >= 4 is 38.5 Å². The van der Waals surface area contributed by atoms with E-state index in [1.165, 1.54) is 11.3 Å². The smallest absolute Gasteiger partial charge is 0.261 e. The Hall–Kier alpha value is -2.46. The number of aliphatic hydroxyl groups is 1. The van der Waals surface area contributed by atoms with Crippen LogP contribution in [0.15, 0.2) is 42.1 Å². The van der Waals surface area contributed by atoms with Gasteiger partial charge in [0.2, 0.25) is 0 Å². The molecule has 4 aliphatic carbocycles. The van der Waals surface area contributed by atoms with Gasteiger partial charge in [0.05, 0.1) is 12.2 Å². The number of anilines is 1. The number of aliphatic hydroxyl groups excluding tert-OH is 1. The van der Waals surface area contributed by atoms with Crippen molar-refractivity contribution in [3.63, 3.8) is 0 Å². The number of ketones is 1. The first kappa shape index (κ1) is 24.6. The Morgan fingerprint density at radius 1 is 1.26 bits per heavy atom. The first-order chi connectivity index (χ1) is 18.0. The summed E-state index contributed by atoms with van der Waals surface area (Å²) >= 11 is 1.33.